The molecule has 0 radical (unpaired) electrons. The zero-order chi connectivity index (χ0) is 12.3. The molecule has 0 heterocycles. The van der Waals surface area contributed by atoms with Crippen LogP contribution in [0, 0.1) is 17.3 Å². The van der Waals surface area contributed by atoms with Gasteiger partial charge >= 0.3 is 0 Å². The van der Waals surface area contributed by atoms with Gasteiger partial charge in [-0.25, -0.2) is 0 Å². The Labute approximate surface area is 107 Å². The molecule has 1 N–H and O–H groups in total. The van der Waals surface area contributed by atoms with E-state index >= 15 is 0 Å². The number of fused-ring (bicyclic) bond motifs is 2. The average molecular weight is 239 g/mol. The molecule has 2 heteroatoms. The number of hydrogen-bond donors (Lipinski definition) is 1. The van der Waals surface area contributed by atoms with Gasteiger partial charge in [0.25, 0.3) is 0 Å². The molecule has 0 aromatic rings. The van der Waals surface area contributed by atoms with E-state index in [2.05, 4.69) is 19.2 Å². The van der Waals surface area contributed by atoms with Crippen LogP contribution >= 0.6 is 0 Å². The van der Waals surface area contributed by atoms with Gasteiger partial charge in [0, 0.05) is 13.7 Å². The summed E-state index contributed by atoms with van der Waals surface area (Å²) in [6.07, 6.45) is 8.80. The van der Waals surface area contributed by atoms with Gasteiger partial charge in [-0.3, -0.25) is 0 Å². The third-order valence-electron chi connectivity index (χ3n) is 5.10. The van der Waals surface area contributed by atoms with Crippen LogP contribution in [-0.2, 0) is 4.74 Å². The largest absolute Gasteiger partial charge is 0.382 e. The third kappa shape index (κ3) is 2.85. The highest BCUT2D eigenvalue weighted by molar-refractivity contribution is 5.02. The summed E-state index contributed by atoms with van der Waals surface area (Å²) in [7, 11) is 1.85. The molecule has 17 heavy (non-hydrogen) atoms. The minimum Gasteiger partial charge on any atom is -0.382 e. The fraction of sp³-hybridized carbons (Fsp3) is 1.00. The van der Waals surface area contributed by atoms with Crippen LogP contribution in [-0.4, -0.2) is 26.3 Å². The zero-order valence-electron chi connectivity index (χ0n) is 11.8. The Balaban J connectivity index is 1.96. The van der Waals surface area contributed by atoms with Crippen molar-refractivity contribution in [2.45, 2.75) is 58.5 Å². The molecule has 2 nitrogen and oxygen atoms in total. The fourth-order valence-corrected chi connectivity index (χ4v) is 4.27. The molecule has 4 unspecified atom stereocenters. The number of rotatable bonds is 7. The Morgan fingerprint density at radius 3 is 2.76 bits per heavy atom. The standard InChI is InChI=1S/C15H29NO/c1-4-7-16-11-15(9-12(2)17-3)10-13-5-6-14(15)8-13/h12-14,16H,4-11H2,1-3H3. The Bertz CT molecular complexity index is 243. The molecule has 2 aliphatic rings. The molecule has 4 atom stereocenters. The van der Waals surface area contributed by atoms with Crippen LogP contribution < -0.4 is 5.32 Å². The number of ether oxygens (including phenoxy) is 1. The van der Waals surface area contributed by atoms with Crippen LogP contribution in [0.2, 0.25) is 0 Å². The summed E-state index contributed by atoms with van der Waals surface area (Å²) >= 11 is 0. The lowest BCUT2D eigenvalue weighted by atomic mass is 9.69. The second kappa shape index (κ2) is 5.71. The molecule has 2 rings (SSSR count). The molecular weight excluding hydrogens is 210 g/mol. The van der Waals surface area contributed by atoms with E-state index in [4.69, 9.17) is 4.74 Å². The van der Waals surface area contributed by atoms with Crippen molar-refractivity contribution in [1.29, 1.82) is 0 Å². The summed E-state index contributed by atoms with van der Waals surface area (Å²) in [6.45, 7) is 6.86. The van der Waals surface area contributed by atoms with Gasteiger partial charge in [-0.05, 0) is 62.8 Å². The van der Waals surface area contributed by atoms with Crippen molar-refractivity contribution in [3.8, 4) is 0 Å². The van der Waals surface area contributed by atoms with Crippen molar-refractivity contribution in [1.82, 2.24) is 5.32 Å². The van der Waals surface area contributed by atoms with Gasteiger partial charge in [0.2, 0.25) is 0 Å². The van der Waals surface area contributed by atoms with Crippen molar-refractivity contribution in [2.24, 2.45) is 17.3 Å². The van der Waals surface area contributed by atoms with Crippen molar-refractivity contribution in [3.63, 3.8) is 0 Å². The van der Waals surface area contributed by atoms with Crippen LogP contribution in [0.4, 0.5) is 0 Å². The van der Waals surface area contributed by atoms with Crippen LogP contribution in [0.3, 0.4) is 0 Å². The quantitative estimate of drug-likeness (QED) is 0.689. The van der Waals surface area contributed by atoms with Crippen molar-refractivity contribution in [3.05, 3.63) is 0 Å². The van der Waals surface area contributed by atoms with Crippen LogP contribution in [0.5, 0.6) is 0 Å². The lowest BCUT2D eigenvalue weighted by Gasteiger charge is -2.40. The summed E-state index contributed by atoms with van der Waals surface area (Å²) in [6, 6.07) is 0. The number of nitrogens with one attached hydrogen (secondary N) is 1. The molecule has 0 saturated heterocycles. The van der Waals surface area contributed by atoms with E-state index in [0.29, 0.717) is 11.5 Å². The molecule has 0 amide bonds. The first-order chi connectivity index (χ1) is 8.20. The molecule has 2 aliphatic carbocycles. The minimum absolute atomic E-state index is 0.415. The summed E-state index contributed by atoms with van der Waals surface area (Å²) in [5.41, 5.74) is 0.549. The average Bonchev–Trinajstić information content (AvgIpc) is 2.89. The van der Waals surface area contributed by atoms with Gasteiger partial charge in [0.1, 0.15) is 0 Å². The number of methoxy groups -OCH3 is 1. The lowest BCUT2D eigenvalue weighted by molar-refractivity contribution is 0.0357. The van der Waals surface area contributed by atoms with Crippen LogP contribution in [0.15, 0.2) is 0 Å². The SMILES string of the molecule is CCCNCC1(CC(C)OC)CC2CCC1C2. The van der Waals surface area contributed by atoms with E-state index in [1.807, 2.05) is 7.11 Å². The smallest absolute Gasteiger partial charge is 0.0549 e. The third-order valence-corrected chi connectivity index (χ3v) is 5.10. The van der Waals surface area contributed by atoms with Gasteiger partial charge in [0.05, 0.1) is 6.10 Å². The molecule has 0 aromatic heterocycles. The Kier molecular flexibility index (Phi) is 4.48. The lowest BCUT2D eigenvalue weighted by Crippen LogP contribution is -2.41. The normalized spacial score (nSPS) is 37.6. The highest BCUT2D eigenvalue weighted by Crippen LogP contribution is 2.57. The molecule has 0 aliphatic heterocycles. The van der Waals surface area contributed by atoms with E-state index in [9.17, 15) is 0 Å². The summed E-state index contributed by atoms with van der Waals surface area (Å²) in [5.74, 6) is 1.99. The van der Waals surface area contributed by atoms with Gasteiger partial charge in [-0.2, -0.15) is 0 Å². The molecule has 2 bridgehead atoms. The molecule has 2 fully saturated rings. The van der Waals surface area contributed by atoms with Crippen LogP contribution in [0.1, 0.15) is 52.4 Å². The van der Waals surface area contributed by atoms with Gasteiger partial charge < -0.3 is 10.1 Å². The van der Waals surface area contributed by atoms with E-state index < -0.39 is 0 Å². The maximum atomic E-state index is 5.52. The van der Waals surface area contributed by atoms with Gasteiger partial charge in [0.15, 0.2) is 0 Å². The fourth-order valence-electron chi connectivity index (χ4n) is 4.27. The first kappa shape index (κ1) is 13.4. The summed E-state index contributed by atoms with van der Waals surface area (Å²) < 4.78 is 5.52. The Hall–Kier alpha value is -0.0800. The maximum absolute atomic E-state index is 5.52. The van der Waals surface area contributed by atoms with Crippen LogP contribution in [0.25, 0.3) is 0 Å². The zero-order valence-corrected chi connectivity index (χ0v) is 11.8. The highest BCUT2D eigenvalue weighted by atomic mass is 16.5. The highest BCUT2D eigenvalue weighted by Gasteiger charge is 2.50. The number of hydrogen-bond acceptors (Lipinski definition) is 2. The van der Waals surface area contributed by atoms with Crippen molar-refractivity contribution >= 4 is 0 Å². The van der Waals surface area contributed by atoms with Gasteiger partial charge in [-0.1, -0.05) is 13.3 Å². The first-order valence-electron chi connectivity index (χ1n) is 7.43. The molecule has 0 spiro atoms. The van der Waals surface area contributed by atoms with Gasteiger partial charge in [-0.15, -0.1) is 0 Å². The summed E-state index contributed by atoms with van der Waals surface area (Å²) in [4.78, 5) is 0. The molecule has 100 valence electrons. The minimum atomic E-state index is 0.415. The van der Waals surface area contributed by atoms with E-state index in [-0.39, 0.29) is 0 Å². The molecule has 2 saturated carbocycles. The predicted octanol–water partition coefficient (Wildman–Crippen LogP) is 3.22. The predicted molar refractivity (Wildman–Crippen MR) is 72.1 cm³/mol. The van der Waals surface area contributed by atoms with E-state index in [1.54, 1.807) is 0 Å². The Morgan fingerprint density at radius 2 is 2.24 bits per heavy atom. The maximum Gasteiger partial charge on any atom is 0.0549 e. The molecule has 0 aromatic carbocycles. The summed E-state index contributed by atoms with van der Waals surface area (Å²) in [5, 5.41) is 3.68. The van der Waals surface area contributed by atoms with Crippen molar-refractivity contribution < 1.29 is 4.74 Å². The van der Waals surface area contributed by atoms with E-state index in [0.717, 1.165) is 11.8 Å². The molecular formula is C15H29NO. The Morgan fingerprint density at radius 1 is 1.41 bits per heavy atom. The second-order valence-corrected chi connectivity index (χ2v) is 6.37. The van der Waals surface area contributed by atoms with E-state index in [1.165, 1.54) is 51.6 Å². The monoisotopic (exact) mass is 239 g/mol. The topological polar surface area (TPSA) is 21.3 Å². The second-order valence-electron chi connectivity index (χ2n) is 6.37. The van der Waals surface area contributed by atoms with Crippen molar-refractivity contribution in [2.75, 3.05) is 20.2 Å². The first-order valence-corrected chi connectivity index (χ1v) is 7.43.